The van der Waals surface area contributed by atoms with Crippen molar-refractivity contribution in [2.75, 3.05) is 0 Å². The zero-order chi connectivity index (χ0) is 19.9. The standard InChI is InChI=1S/C23H20N2O3/c1-23(2)21(26)20(18-11-14(13-24)7-10-19(18)28-23)25-22(27)17-9-8-15-5-3-4-6-16(15)12-17/h3-12,20-21,26H,1-2H3,(H,25,27)/t20-,21+/m1/s1. The molecular weight excluding hydrogens is 352 g/mol. The Morgan fingerprint density at radius 3 is 2.61 bits per heavy atom. The Morgan fingerprint density at radius 1 is 1.11 bits per heavy atom. The van der Waals surface area contributed by atoms with E-state index < -0.39 is 17.7 Å². The number of benzene rings is 3. The molecule has 1 amide bonds. The van der Waals surface area contributed by atoms with Crippen LogP contribution < -0.4 is 10.1 Å². The first-order chi connectivity index (χ1) is 13.4. The number of hydrogen-bond acceptors (Lipinski definition) is 4. The molecule has 3 aromatic rings. The van der Waals surface area contributed by atoms with Gasteiger partial charge in [-0.3, -0.25) is 4.79 Å². The van der Waals surface area contributed by atoms with Gasteiger partial charge in [0.1, 0.15) is 17.5 Å². The van der Waals surface area contributed by atoms with Crippen molar-refractivity contribution < 1.29 is 14.6 Å². The molecule has 0 fully saturated rings. The average Bonchev–Trinajstić information content (AvgIpc) is 2.70. The van der Waals surface area contributed by atoms with Crippen molar-refractivity contribution in [2.45, 2.75) is 31.6 Å². The second-order valence-corrected chi connectivity index (χ2v) is 7.53. The summed E-state index contributed by atoms with van der Waals surface area (Å²) in [6.45, 7) is 3.54. The van der Waals surface area contributed by atoms with Crippen molar-refractivity contribution in [3.05, 3.63) is 77.4 Å². The van der Waals surface area contributed by atoms with Crippen LogP contribution in [0.3, 0.4) is 0 Å². The number of nitriles is 1. The van der Waals surface area contributed by atoms with E-state index in [0.717, 1.165) is 10.8 Å². The molecule has 0 aromatic heterocycles. The lowest BCUT2D eigenvalue weighted by atomic mass is 9.85. The fourth-order valence-corrected chi connectivity index (χ4v) is 3.58. The van der Waals surface area contributed by atoms with Gasteiger partial charge in [0.2, 0.25) is 0 Å². The van der Waals surface area contributed by atoms with E-state index >= 15 is 0 Å². The predicted octanol–water partition coefficient (Wildman–Crippen LogP) is 3.71. The maximum absolute atomic E-state index is 12.9. The third-order valence-corrected chi connectivity index (χ3v) is 5.17. The summed E-state index contributed by atoms with van der Waals surface area (Å²) >= 11 is 0. The number of rotatable bonds is 2. The van der Waals surface area contributed by atoms with E-state index in [9.17, 15) is 15.2 Å². The van der Waals surface area contributed by atoms with Crippen molar-refractivity contribution in [2.24, 2.45) is 0 Å². The number of aliphatic hydroxyl groups excluding tert-OH is 1. The molecule has 3 aromatic carbocycles. The summed E-state index contributed by atoms with van der Waals surface area (Å²) in [5, 5.41) is 25.0. The van der Waals surface area contributed by atoms with E-state index in [1.54, 1.807) is 38.1 Å². The molecule has 5 heteroatoms. The average molecular weight is 372 g/mol. The van der Waals surface area contributed by atoms with Crippen LogP contribution in [0.15, 0.2) is 60.7 Å². The minimum atomic E-state index is -0.974. The Hall–Kier alpha value is -3.36. The lowest BCUT2D eigenvalue weighted by Crippen LogP contribution is -2.53. The number of carbonyl (C=O) groups excluding carboxylic acids is 1. The summed E-state index contributed by atoms with van der Waals surface area (Å²) in [7, 11) is 0. The fraction of sp³-hybridized carbons (Fsp3) is 0.217. The molecule has 2 N–H and O–H groups in total. The maximum Gasteiger partial charge on any atom is 0.251 e. The monoisotopic (exact) mass is 372 g/mol. The summed E-state index contributed by atoms with van der Waals surface area (Å²) < 4.78 is 5.90. The Labute approximate surface area is 163 Å². The Bertz CT molecular complexity index is 1110. The Kier molecular flexibility index (Phi) is 4.29. The van der Waals surface area contributed by atoms with Gasteiger partial charge in [-0.1, -0.05) is 30.3 Å². The van der Waals surface area contributed by atoms with Crippen molar-refractivity contribution >= 4 is 16.7 Å². The van der Waals surface area contributed by atoms with E-state index in [1.807, 2.05) is 36.4 Å². The molecule has 4 rings (SSSR count). The first kappa shape index (κ1) is 18.0. The molecule has 140 valence electrons. The minimum Gasteiger partial charge on any atom is -0.485 e. The summed E-state index contributed by atoms with van der Waals surface area (Å²) in [5.74, 6) is 0.263. The third kappa shape index (κ3) is 3.08. The van der Waals surface area contributed by atoms with Gasteiger partial charge in [0.05, 0.1) is 17.7 Å². The van der Waals surface area contributed by atoms with Crippen molar-refractivity contribution in [1.82, 2.24) is 5.32 Å². The number of aliphatic hydroxyl groups is 1. The molecule has 0 aliphatic carbocycles. The number of nitrogens with one attached hydrogen (secondary N) is 1. The topological polar surface area (TPSA) is 82.3 Å². The highest BCUT2D eigenvalue weighted by atomic mass is 16.5. The first-order valence-corrected chi connectivity index (χ1v) is 9.10. The number of ether oxygens (including phenoxy) is 1. The van der Waals surface area contributed by atoms with E-state index in [0.29, 0.717) is 22.4 Å². The van der Waals surface area contributed by atoms with E-state index in [1.165, 1.54) is 0 Å². The molecule has 0 saturated heterocycles. The molecule has 0 spiro atoms. The van der Waals surface area contributed by atoms with Crippen LogP contribution in [-0.2, 0) is 0 Å². The second-order valence-electron chi connectivity index (χ2n) is 7.53. The van der Waals surface area contributed by atoms with E-state index in [4.69, 9.17) is 4.74 Å². The number of hydrogen-bond donors (Lipinski definition) is 2. The molecule has 0 bridgehead atoms. The molecule has 2 atom stereocenters. The smallest absolute Gasteiger partial charge is 0.251 e. The van der Waals surface area contributed by atoms with Crippen molar-refractivity contribution in [3.63, 3.8) is 0 Å². The Balaban J connectivity index is 1.71. The quantitative estimate of drug-likeness (QED) is 0.718. The maximum atomic E-state index is 12.9. The number of amides is 1. The van der Waals surface area contributed by atoms with Gasteiger partial charge in [0.15, 0.2) is 0 Å². The minimum absolute atomic E-state index is 0.291. The normalized spacial score (nSPS) is 19.9. The molecule has 1 heterocycles. The van der Waals surface area contributed by atoms with Gasteiger partial charge in [0.25, 0.3) is 5.91 Å². The van der Waals surface area contributed by atoms with Crippen molar-refractivity contribution in [3.8, 4) is 11.8 Å². The van der Waals surface area contributed by atoms with Gasteiger partial charge >= 0.3 is 0 Å². The van der Waals surface area contributed by atoms with Crippen LogP contribution in [-0.4, -0.2) is 22.7 Å². The van der Waals surface area contributed by atoms with Crippen LogP contribution in [0, 0.1) is 11.3 Å². The highest BCUT2D eigenvalue weighted by Crippen LogP contribution is 2.40. The highest BCUT2D eigenvalue weighted by molar-refractivity contribution is 5.98. The zero-order valence-electron chi connectivity index (χ0n) is 15.6. The molecule has 0 saturated carbocycles. The molecule has 5 nitrogen and oxygen atoms in total. The van der Waals surface area contributed by atoms with Gasteiger partial charge in [-0.15, -0.1) is 0 Å². The zero-order valence-corrected chi connectivity index (χ0v) is 15.6. The van der Waals surface area contributed by atoms with Gasteiger partial charge in [-0.2, -0.15) is 5.26 Å². The number of fused-ring (bicyclic) bond motifs is 2. The molecule has 1 aliphatic rings. The second kappa shape index (κ2) is 6.66. The number of nitrogens with zero attached hydrogens (tertiary/aromatic N) is 1. The molecule has 0 unspecified atom stereocenters. The first-order valence-electron chi connectivity index (χ1n) is 9.10. The van der Waals surface area contributed by atoms with Crippen LogP contribution in [0.25, 0.3) is 10.8 Å². The molecule has 1 aliphatic heterocycles. The van der Waals surface area contributed by atoms with E-state index in [-0.39, 0.29) is 5.91 Å². The van der Waals surface area contributed by atoms with Crippen LogP contribution in [0.5, 0.6) is 5.75 Å². The Morgan fingerprint density at radius 2 is 1.86 bits per heavy atom. The summed E-state index contributed by atoms with van der Waals surface area (Å²) in [6.07, 6.45) is -0.974. The highest BCUT2D eigenvalue weighted by Gasteiger charge is 2.43. The summed E-state index contributed by atoms with van der Waals surface area (Å²) in [4.78, 5) is 12.9. The molecule has 28 heavy (non-hydrogen) atoms. The third-order valence-electron chi connectivity index (χ3n) is 5.17. The predicted molar refractivity (Wildman–Crippen MR) is 106 cm³/mol. The lowest BCUT2D eigenvalue weighted by molar-refractivity contribution is -0.0627. The SMILES string of the molecule is CC1(C)Oc2ccc(C#N)cc2[C@@H](NC(=O)c2ccc3ccccc3c2)[C@@H]1O. The van der Waals surface area contributed by atoms with Crippen LogP contribution in [0.2, 0.25) is 0 Å². The van der Waals surface area contributed by atoms with Crippen LogP contribution >= 0.6 is 0 Å². The largest absolute Gasteiger partial charge is 0.485 e. The van der Waals surface area contributed by atoms with Crippen LogP contribution in [0.1, 0.15) is 41.4 Å². The van der Waals surface area contributed by atoms with Crippen molar-refractivity contribution in [1.29, 1.82) is 5.26 Å². The van der Waals surface area contributed by atoms with E-state index in [2.05, 4.69) is 11.4 Å². The molecule has 0 radical (unpaired) electrons. The lowest BCUT2D eigenvalue weighted by Gasteiger charge is -2.42. The molecular formula is C23H20N2O3. The van der Waals surface area contributed by atoms with Crippen LogP contribution in [0.4, 0.5) is 0 Å². The van der Waals surface area contributed by atoms with Gasteiger partial charge in [0, 0.05) is 11.1 Å². The van der Waals surface area contributed by atoms with Gasteiger partial charge in [-0.25, -0.2) is 0 Å². The summed E-state index contributed by atoms with van der Waals surface area (Å²) in [5.41, 5.74) is 0.662. The van der Waals surface area contributed by atoms with Gasteiger partial charge < -0.3 is 15.2 Å². The summed E-state index contributed by atoms with van der Waals surface area (Å²) in [6, 6.07) is 19.7. The fourth-order valence-electron chi connectivity index (χ4n) is 3.58. The van der Waals surface area contributed by atoms with Gasteiger partial charge in [-0.05, 0) is 55.0 Å². The number of carbonyl (C=O) groups is 1.